The van der Waals surface area contributed by atoms with Crippen LogP contribution in [0.2, 0.25) is 0 Å². The van der Waals surface area contributed by atoms with E-state index >= 15 is 0 Å². The standard InChI is InChI=1S/C41H63NO12S/c1-13-30-41(8)35(53-39(47)54-41)24(4)31(43)22(2)20-40(7,48-11)34(52-38-32(44)29(42(9)10)19-23(3)49-38)25(5)33(26(6)36(45)50-30)51-37(46)28(21-55-12)27-17-15-14-16-18-27/h14-18,22-26,28-30,32-35,38,44H,13,19-21H2,1-12H3/t22-,23-,24-,25+,26-,28?,29+,30+,32-,33-,34-,35-,38+,40+,41-/m1/s1. The Balaban J connectivity index is 1.88. The van der Waals surface area contributed by atoms with Gasteiger partial charge in [-0.2, -0.15) is 11.8 Å². The number of aliphatic hydroxyl groups excluding tert-OH is 1. The third-order valence-corrected chi connectivity index (χ3v) is 12.7. The molecule has 0 radical (unpaired) electrons. The molecule has 0 amide bonds. The van der Waals surface area contributed by atoms with E-state index in [0.717, 1.165) is 5.56 Å². The van der Waals surface area contributed by atoms with Gasteiger partial charge in [-0.3, -0.25) is 14.4 Å². The number of ether oxygens (including phenoxy) is 7. The molecule has 0 saturated carbocycles. The van der Waals surface area contributed by atoms with Gasteiger partial charge in [0.05, 0.1) is 35.6 Å². The number of aliphatic hydroxyl groups is 1. The number of hydrogen-bond donors (Lipinski definition) is 1. The minimum Gasteiger partial charge on any atom is -0.461 e. The second-order valence-electron chi connectivity index (χ2n) is 16.3. The summed E-state index contributed by atoms with van der Waals surface area (Å²) < 4.78 is 43.4. The summed E-state index contributed by atoms with van der Waals surface area (Å²) >= 11 is 1.49. The minimum absolute atomic E-state index is 0.116. The normalized spacial score (nSPS) is 39.6. The number of Topliss-reactive ketones (excluding diaryl/α,β-unsaturated/α-hetero) is 1. The maximum absolute atomic E-state index is 14.4. The van der Waals surface area contributed by atoms with E-state index in [9.17, 15) is 24.3 Å². The lowest BCUT2D eigenvalue weighted by Crippen LogP contribution is -2.60. The van der Waals surface area contributed by atoms with Crippen LogP contribution in [0.15, 0.2) is 30.3 Å². The number of likely N-dealkylation sites (N-methyl/N-ethyl adjacent to an activating group) is 1. The number of methoxy groups -OCH3 is 1. The van der Waals surface area contributed by atoms with Crippen molar-refractivity contribution in [1.82, 2.24) is 4.90 Å². The Morgan fingerprint density at radius 2 is 1.69 bits per heavy atom. The number of hydrogen-bond acceptors (Lipinski definition) is 14. The number of cyclic esters (lactones) is 1. The molecule has 3 saturated heterocycles. The quantitative estimate of drug-likeness (QED) is 0.238. The van der Waals surface area contributed by atoms with Gasteiger partial charge < -0.3 is 43.2 Å². The number of benzene rings is 1. The lowest BCUT2D eigenvalue weighted by atomic mass is 9.74. The molecule has 0 spiro atoms. The lowest BCUT2D eigenvalue weighted by molar-refractivity contribution is -0.301. The molecule has 3 fully saturated rings. The molecule has 14 heteroatoms. The predicted octanol–water partition coefficient (Wildman–Crippen LogP) is 5.39. The molecular formula is C41H63NO12S. The zero-order chi connectivity index (χ0) is 41.0. The van der Waals surface area contributed by atoms with Crippen LogP contribution >= 0.6 is 11.8 Å². The predicted molar refractivity (Wildman–Crippen MR) is 206 cm³/mol. The Bertz CT molecular complexity index is 1480. The third kappa shape index (κ3) is 9.69. The molecule has 1 N–H and O–H groups in total. The largest absolute Gasteiger partial charge is 0.509 e. The molecule has 1 aromatic carbocycles. The van der Waals surface area contributed by atoms with Crippen molar-refractivity contribution in [2.24, 2.45) is 23.7 Å². The summed E-state index contributed by atoms with van der Waals surface area (Å²) in [6.07, 6.45) is -4.86. The SMILES string of the molecule is CC[C@@H]1OC(=O)[C@H](C)[C@H](OC(=O)C(CSC)c2ccccc2)[C@H](C)[C@@H](O[C@@H]2O[C@H](C)C[C@H](N(C)C)[C@H]2O)[C@@](C)(OC)C[C@@H](C)C(=O)[C@@H](C)[C@H]2OC(=O)O[C@]12C. The van der Waals surface area contributed by atoms with Crippen LogP contribution in [-0.4, -0.2) is 127 Å². The van der Waals surface area contributed by atoms with Gasteiger partial charge in [0.1, 0.15) is 24.1 Å². The van der Waals surface area contributed by atoms with Gasteiger partial charge in [-0.25, -0.2) is 4.79 Å². The average Bonchev–Trinajstić information content (AvgIpc) is 3.47. The van der Waals surface area contributed by atoms with Crippen molar-refractivity contribution in [3.8, 4) is 0 Å². The van der Waals surface area contributed by atoms with Gasteiger partial charge in [0.15, 0.2) is 18.0 Å². The molecule has 1 aromatic rings. The van der Waals surface area contributed by atoms with Crippen LogP contribution in [0.25, 0.3) is 0 Å². The zero-order valence-corrected chi connectivity index (χ0v) is 35.3. The maximum atomic E-state index is 14.4. The number of ketones is 1. The van der Waals surface area contributed by atoms with Crippen molar-refractivity contribution in [2.75, 3.05) is 33.2 Å². The number of carbonyl (C=O) groups excluding carboxylic acids is 4. The van der Waals surface area contributed by atoms with Crippen LogP contribution in [0.4, 0.5) is 4.79 Å². The fourth-order valence-corrected chi connectivity index (χ4v) is 9.43. The fourth-order valence-electron chi connectivity index (χ4n) is 8.77. The van der Waals surface area contributed by atoms with Gasteiger partial charge in [-0.15, -0.1) is 0 Å². The Kier molecular flexibility index (Phi) is 15.3. The molecule has 310 valence electrons. The van der Waals surface area contributed by atoms with Crippen LogP contribution in [0.1, 0.15) is 86.1 Å². The highest BCUT2D eigenvalue weighted by Gasteiger charge is 2.59. The smallest absolute Gasteiger partial charge is 0.461 e. The van der Waals surface area contributed by atoms with E-state index in [4.69, 9.17) is 33.2 Å². The van der Waals surface area contributed by atoms with Crippen molar-refractivity contribution in [1.29, 1.82) is 0 Å². The molecule has 1 unspecified atom stereocenters. The average molecular weight is 794 g/mol. The Hall–Kier alpha value is -2.75. The summed E-state index contributed by atoms with van der Waals surface area (Å²) in [4.78, 5) is 57.7. The molecule has 0 bridgehead atoms. The molecule has 3 aliphatic heterocycles. The third-order valence-electron chi connectivity index (χ3n) is 12.0. The van der Waals surface area contributed by atoms with Crippen molar-refractivity contribution < 1.29 is 57.4 Å². The van der Waals surface area contributed by atoms with E-state index < -0.39 is 95.7 Å². The van der Waals surface area contributed by atoms with Crippen molar-refractivity contribution in [3.63, 3.8) is 0 Å². The molecule has 0 aliphatic carbocycles. The molecule has 15 atom stereocenters. The van der Waals surface area contributed by atoms with E-state index in [-0.39, 0.29) is 30.8 Å². The summed E-state index contributed by atoms with van der Waals surface area (Å²) in [5.41, 5.74) is -2.00. The van der Waals surface area contributed by atoms with Gasteiger partial charge in [-0.1, -0.05) is 58.0 Å². The second-order valence-corrected chi connectivity index (χ2v) is 17.2. The highest BCUT2D eigenvalue weighted by molar-refractivity contribution is 7.98. The molecule has 0 aromatic heterocycles. The molecule has 55 heavy (non-hydrogen) atoms. The van der Waals surface area contributed by atoms with Crippen LogP contribution in [-0.2, 0) is 47.5 Å². The van der Waals surface area contributed by atoms with Crippen molar-refractivity contribution in [2.45, 2.75) is 141 Å². The number of rotatable bonds is 10. The number of nitrogens with zero attached hydrogens (tertiary/aromatic N) is 1. The molecule has 13 nitrogen and oxygen atoms in total. The summed E-state index contributed by atoms with van der Waals surface area (Å²) in [6, 6.07) is 9.01. The van der Waals surface area contributed by atoms with Crippen molar-refractivity contribution in [3.05, 3.63) is 35.9 Å². The second kappa shape index (κ2) is 18.7. The number of esters is 2. The molecule has 3 heterocycles. The molecule has 3 aliphatic rings. The highest BCUT2D eigenvalue weighted by atomic mass is 32.2. The number of thioether (sulfide) groups is 1. The molecule has 4 rings (SSSR count). The Morgan fingerprint density at radius 1 is 1.04 bits per heavy atom. The van der Waals surface area contributed by atoms with E-state index in [1.807, 2.05) is 62.5 Å². The van der Waals surface area contributed by atoms with Gasteiger partial charge in [-0.05, 0) is 72.9 Å². The Morgan fingerprint density at radius 3 is 2.27 bits per heavy atom. The fraction of sp³-hybridized carbons (Fsp3) is 0.756. The van der Waals surface area contributed by atoms with Crippen LogP contribution < -0.4 is 0 Å². The van der Waals surface area contributed by atoms with Crippen LogP contribution in [0.3, 0.4) is 0 Å². The zero-order valence-electron chi connectivity index (χ0n) is 34.5. The molecular weight excluding hydrogens is 731 g/mol. The highest BCUT2D eigenvalue weighted by Crippen LogP contribution is 2.43. The number of carbonyl (C=O) groups is 4. The summed E-state index contributed by atoms with van der Waals surface area (Å²) in [5, 5.41) is 11.6. The Labute approximate surface area is 330 Å². The minimum atomic E-state index is -1.49. The van der Waals surface area contributed by atoms with Crippen LogP contribution in [0, 0.1) is 23.7 Å². The van der Waals surface area contributed by atoms with Gasteiger partial charge in [0.25, 0.3) is 0 Å². The first-order valence-electron chi connectivity index (χ1n) is 19.4. The van der Waals surface area contributed by atoms with Gasteiger partial charge >= 0.3 is 18.1 Å². The maximum Gasteiger partial charge on any atom is 0.509 e. The summed E-state index contributed by atoms with van der Waals surface area (Å²) in [5.74, 6) is -5.09. The number of fused-ring (bicyclic) bond motifs is 1. The first kappa shape index (κ1) is 45.0. The summed E-state index contributed by atoms with van der Waals surface area (Å²) in [7, 11) is 5.26. The van der Waals surface area contributed by atoms with E-state index in [2.05, 4.69) is 0 Å². The topological polar surface area (TPSA) is 156 Å². The van der Waals surface area contributed by atoms with Gasteiger partial charge in [0.2, 0.25) is 0 Å². The monoisotopic (exact) mass is 793 g/mol. The lowest BCUT2D eigenvalue weighted by Gasteiger charge is -2.48. The van der Waals surface area contributed by atoms with E-state index in [1.54, 1.807) is 48.5 Å². The van der Waals surface area contributed by atoms with Crippen LogP contribution in [0.5, 0.6) is 0 Å². The van der Waals surface area contributed by atoms with E-state index in [1.165, 1.54) is 18.9 Å². The van der Waals surface area contributed by atoms with Crippen molar-refractivity contribution >= 4 is 35.6 Å². The first-order chi connectivity index (χ1) is 25.8. The van der Waals surface area contributed by atoms with Gasteiger partial charge in [0, 0.05) is 30.7 Å². The first-order valence-corrected chi connectivity index (χ1v) is 20.8. The summed E-state index contributed by atoms with van der Waals surface area (Å²) in [6.45, 7) is 14.0. The van der Waals surface area contributed by atoms with E-state index in [0.29, 0.717) is 12.2 Å².